The number of hydrogen-bond acceptors (Lipinski definition) is 6. The number of benzene rings is 1. The van der Waals surface area contributed by atoms with Crippen LogP contribution >= 0.6 is 22.9 Å². The first kappa shape index (κ1) is 31.2. The maximum Gasteiger partial charge on any atom is 0.322 e. The number of nitrogens with one attached hydrogen (secondary N) is 1. The lowest BCUT2D eigenvalue weighted by atomic mass is 9.91. The Balaban J connectivity index is 1.09. The van der Waals surface area contributed by atoms with Gasteiger partial charge in [-0.1, -0.05) is 24.1 Å². The predicted octanol–water partition coefficient (Wildman–Crippen LogP) is 5.36. The summed E-state index contributed by atoms with van der Waals surface area (Å²) >= 11 is 8.08. The number of urea groups is 1. The summed E-state index contributed by atoms with van der Waals surface area (Å²) in [6, 6.07) is 6.35. The fourth-order valence-corrected chi connectivity index (χ4v) is 8.64. The van der Waals surface area contributed by atoms with Crippen molar-refractivity contribution in [2.24, 2.45) is 5.92 Å². The second-order valence-electron chi connectivity index (χ2n) is 13.0. The summed E-state index contributed by atoms with van der Waals surface area (Å²) in [6.45, 7) is 7.51. The molecule has 0 saturated carbocycles. The van der Waals surface area contributed by atoms with Crippen molar-refractivity contribution in [3.05, 3.63) is 44.6 Å². The number of hydrogen-bond donors (Lipinski definition) is 2. The first-order valence-electron chi connectivity index (χ1n) is 16.3. The lowest BCUT2D eigenvalue weighted by molar-refractivity contribution is -0.143. The standard InChI is InChI=1S/C33H45ClN6O3S/c1-22-17-23(19-27(34)31(22)35)18-24(32(42)39-14-5-25(6-15-39)37-10-3-2-4-11-37)20-30(41)38-12-7-26(8-13-38)40-21-29-28(9-16-44-29)36-33(40)43/h9,16-17,19,24-26H,2-8,10-15,18,20-21,35H2,1H3,(H,36,43)/t24-/m0/s1. The third kappa shape index (κ3) is 6.87. The first-order chi connectivity index (χ1) is 21.3. The molecule has 44 heavy (non-hydrogen) atoms. The highest BCUT2D eigenvalue weighted by Crippen LogP contribution is 2.32. The number of halogens is 1. The average Bonchev–Trinajstić information content (AvgIpc) is 3.50. The van der Waals surface area contributed by atoms with Crippen LogP contribution in [-0.4, -0.2) is 88.8 Å². The zero-order valence-electron chi connectivity index (χ0n) is 25.7. The van der Waals surface area contributed by atoms with E-state index in [9.17, 15) is 14.4 Å². The van der Waals surface area contributed by atoms with Gasteiger partial charge in [0.05, 0.1) is 28.9 Å². The van der Waals surface area contributed by atoms with Gasteiger partial charge in [-0.25, -0.2) is 4.79 Å². The fraction of sp³-hybridized carbons (Fsp3) is 0.606. The van der Waals surface area contributed by atoms with E-state index in [0.29, 0.717) is 42.8 Å². The molecule has 4 aliphatic heterocycles. The third-order valence-electron chi connectivity index (χ3n) is 10.2. The van der Waals surface area contributed by atoms with E-state index < -0.39 is 5.92 Å². The molecule has 2 aromatic rings. The van der Waals surface area contributed by atoms with E-state index in [1.807, 2.05) is 45.2 Å². The topological polar surface area (TPSA) is 102 Å². The Morgan fingerprint density at radius 2 is 1.68 bits per heavy atom. The Bertz CT molecular complexity index is 1340. The van der Waals surface area contributed by atoms with Crippen LogP contribution in [0.1, 0.15) is 67.4 Å². The van der Waals surface area contributed by atoms with Gasteiger partial charge in [-0.3, -0.25) is 9.59 Å². The van der Waals surface area contributed by atoms with Crippen molar-refractivity contribution in [2.45, 2.75) is 83.3 Å². The second-order valence-corrected chi connectivity index (χ2v) is 14.4. The molecule has 238 valence electrons. The molecule has 11 heteroatoms. The number of nitrogens with two attached hydrogens (primary N) is 1. The SMILES string of the molecule is Cc1cc(C[C@@H](CC(=O)N2CCC(N3Cc4sccc4NC3=O)CC2)C(=O)N2CCC(N3CCCCC3)CC2)cc(Cl)c1N. The van der Waals surface area contributed by atoms with E-state index in [1.54, 1.807) is 11.3 Å². The molecular formula is C33H45ClN6O3S. The molecule has 1 atom stereocenters. The minimum absolute atomic E-state index is 0.00639. The van der Waals surface area contributed by atoms with Gasteiger partial charge in [0.15, 0.2) is 0 Å². The molecule has 0 spiro atoms. The summed E-state index contributed by atoms with van der Waals surface area (Å²) < 4.78 is 0. The van der Waals surface area contributed by atoms with E-state index in [-0.39, 0.29) is 30.3 Å². The van der Waals surface area contributed by atoms with E-state index in [1.165, 1.54) is 37.2 Å². The van der Waals surface area contributed by atoms with Gasteiger partial charge in [0.2, 0.25) is 11.8 Å². The van der Waals surface area contributed by atoms with Gasteiger partial charge in [-0.2, -0.15) is 0 Å². The zero-order chi connectivity index (χ0) is 30.8. The van der Waals surface area contributed by atoms with Crippen LogP contribution < -0.4 is 11.1 Å². The number of likely N-dealkylation sites (tertiary alicyclic amines) is 3. The summed E-state index contributed by atoms with van der Waals surface area (Å²) in [5, 5.41) is 5.49. The van der Waals surface area contributed by atoms with Crippen LogP contribution in [0.4, 0.5) is 16.2 Å². The number of rotatable bonds is 7. The molecule has 0 radical (unpaired) electrons. The molecule has 3 fully saturated rings. The van der Waals surface area contributed by atoms with Crippen molar-refractivity contribution in [1.29, 1.82) is 0 Å². The maximum absolute atomic E-state index is 14.0. The molecule has 9 nitrogen and oxygen atoms in total. The summed E-state index contributed by atoms with van der Waals surface area (Å²) in [6.07, 6.45) is 7.91. The molecule has 3 N–H and O–H groups in total. The number of nitrogen functional groups attached to an aromatic ring is 1. The molecule has 4 aliphatic rings. The molecule has 4 amide bonds. The molecule has 5 heterocycles. The minimum atomic E-state index is -0.462. The fourth-order valence-electron chi connectivity index (χ4n) is 7.52. The quantitative estimate of drug-likeness (QED) is 0.397. The van der Waals surface area contributed by atoms with Crippen LogP contribution in [0.2, 0.25) is 5.02 Å². The summed E-state index contributed by atoms with van der Waals surface area (Å²) in [5.74, 6) is -0.393. The van der Waals surface area contributed by atoms with Crippen LogP contribution in [0, 0.1) is 12.8 Å². The van der Waals surface area contributed by atoms with E-state index in [2.05, 4.69) is 10.2 Å². The van der Waals surface area contributed by atoms with Crippen LogP contribution in [0.25, 0.3) is 0 Å². The maximum atomic E-state index is 14.0. The van der Waals surface area contributed by atoms with Gasteiger partial charge in [0, 0.05) is 49.6 Å². The lowest BCUT2D eigenvalue weighted by Gasteiger charge is -2.41. The highest BCUT2D eigenvalue weighted by Gasteiger charge is 2.36. The monoisotopic (exact) mass is 640 g/mol. The number of nitrogens with zero attached hydrogens (tertiary/aromatic N) is 4. The number of anilines is 2. The normalized spacial score (nSPS) is 21.2. The van der Waals surface area contributed by atoms with E-state index >= 15 is 0 Å². The molecule has 1 aromatic heterocycles. The number of thiophene rings is 1. The lowest BCUT2D eigenvalue weighted by Crippen LogP contribution is -2.52. The number of fused-ring (bicyclic) bond motifs is 1. The van der Waals surface area contributed by atoms with Gasteiger partial charge in [-0.05, 0) is 93.6 Å². The molecule has 0 unspecified atom stereocenters. The Hall–Kier alpha value is -2.82. The third-order valence-corrected chi connectivity index (χ3v) is 11.4. The van der Waals surface area contributed by atoms with Crippen molar-refractivity contribution < 1.29 is 14.4 Å². The predicted molar refractivity (Wildman–Crippen MR) is 176 cm³/mol. The van der Waals surface area contributed by atoms with Gasteiger partial charge < -0.3 is 30.7 Å². The van der Waals surface area contributed by atoms with Crippen LogP contribution in [-0.2, 0) is 22.6 Å². The Kier molecular flexibility index (Phi) is 9.68. The zero-order valence-corrected chi connectivity index (χ0v) is 27.3. The Labute approximate surface area is 269 Å². The average molecular weight is 641 g/mol. The number of amides is 4. The highest BCUT2D eigenvalue weighted by atomic mass is 35.5. The van der Waals surface area contributed by atoms with Crippen molar-refractivity contribution in [2.75, 3.05) is 50.3 Å². The largest absolute Gasteiger partial charge is 0.397 e. The highest BCUT2D eigenvalue weighted by molar-refractivity contribution is 7.10. The molecule has 6 rings (SSSR count). The van der Waals surface area contributed by atoms with Crippen molar-refractivity contribution in [1.82, 2.24) is 19.6 Å². The van der Waals surface area contributed by atoms with Gasteiger partial charge in [0.1, 0.15) is 0 Å². The summed E-state index contributed by atoms with van der Waals surface area (Å²) in [7, 11) is 0. The number of piperidine rings is 3. The Morgan fingerprint density at radius 1 is 1.00 bits per heavy atom. The summed E-state index contributed by atoms with van der Waals surface area (Å²) in [4.78, 5) is 50.1. The van der Waals surface area contributed by atoms with Crippen LogP contribution in [0.3, 0.4) is 0 Å². The van der Waals surface area contributed by atoms with Crippen molar-refractivity contribution in [3.63, 3.8) is 0 Å². The molecule has 3 saturated heterocycles. The number of carbonyl (C=O) groups excluding carboxylic acids is 3. The van der Waals surface area contributed by atoms with Gasteiger partial charge >= 0.3 is 6.03 Å². The summed E-state index contributed by atoms with van der Waals surface area (Å²) in [5.41, 5.74) is 9.37. The molecule has 0 aliphatic carbocycles. The van der Waals surface area contributed by atoms with E-state index in [0.717, 1.165) is 55.6 Å². The van der Waals surface area contributed by atoms with Crippen LogP contribution in [0.15, 0.2) is 23.6 Å². The Morgan fingerprint density at radius 3 is 2.39 bits per heavy atom. The van der Waals surface area contributed by atoms with Crippen LogP contribution in [0.5, 0.6) is 0 Å². The minimum Gasteiger partial charge on any atom is -0.397 e. The number of aryl methyl sites for hydroxylation is 1. The van der Waals surface area contributed by atoms with E-state index in [4.69, 9.17) is 17.3 Å². The van der Waals surface area contributed by atoms with Crippen molar-refractivity contribution in [3.8, 4) is 0 Å². The van der Waals surface area contributed by atoms with Gasteiger partial charge in [0.25, 0.3) is 0 Å². The number of carbonyl (C=O) groups is 3. The van der Waals surface area contributed by atoms with Crippen molar-refractivity contribution >= 4 is 52.2 Å². The smallest absolute Gasteiger partial charge is 0.322 e. The molecule has 1 aromatic carbocycles. The van der Waals surface area contributed by atoms with Gasteiger partial charge in [-0.15, -0.1) is 11.3 Å². The second kappa shape index (κ2) is 13.7. The molecular weight excluding hydrogens is 596 g/mol. The first-order valence-corrected chi connectivity index (χ1v) is 17.5. The molecule has 0 bridgehead atoms.